The van der Waals surface area contributed by atoms with E-state index in [2.05, 4.69) is 5.32 Å². The van der Waals surface area contributed by atoms with Crippen molar-refractivity contribution in [3.05, 3.63) is 0 Å². The number of ether oxygens (including phenoxy) is 1. The highest BCUT2D eigenvalue weighted by Gasteiger charge is 2.39. The topological polar surface area (TPSA) is 44.7 Å². The molecule has 0 aromatic carbocycles. The monoisotopic (exact) mass is 242 g/mol. The summed E-state index contributed by atoms with van der Waals surface area (Å²) in [6.07, 6.45) is -6.93. The van der Waals surface area contributed by atoms with Gasteiger partial charge in [0.05, 0.1) is 12.7 Å². The van der Waals surface area contributed by atoms with Crippen LogP contribution < -0.4 is 5.32 Å². The summed E-state index contributed by atoms with van der Waals surface area (Å²) in [5, 5.41) is 11.8. The van der Waals surface area contributed by atoms with E-state index in [-0.39, 0.29) is 12.6 Å². The van der Waals surface area contributed by atoms with Gasteiger partial charge in [-0.3, -0.25) is 4.90 Å². The number of hydrogen-bond donors (Lipinski definition) is 2. The van der Waals surface area contributed by atoms with E-state index < -0.39 is 12.3 Å². The van der Waals surface area contributed by atoms with Gasteiger partial charge >= 0.3 is 6.18 Å². The number of hydrogen-bond acceptors (Lipinski definition) is 4. The normalized spacial score (nSPS) is 25.7. The lowest BCUT2D eigenvalue weighted by atomic mass is 10.2. The van der Waals surface area contributed by atoms with Crippen molar-refractivity contribution in [2.24, 2.45) is 0 Å². The quantitative estimate of drug-likeness (QED) is 0.718. The zero-order valence-corrected chi connectivity index (χ0v) is 9.13. The van der Waals surface area contributed by atoms with Crippen molar-refractivity contribution in [3.63, 3.8) is 0 Å². The van der Waals surface area contributed by atoms with Crippen LogP contribution in [-0.2, 0) is 4.74 Å². The molecule has 7 heteroatoms. The van der Waals surface area contributed by atoms with E-state index in [4.69, 9.17) is 9.84 Å². The fourth-order valence-electron chi connectivity index (χ4n) is 1.65. The van der Waals surface area contributed by atoms with Crippen molar-refractivity contribution >= 4 is 0 Å². The third-order valence-electron chi connectivity index (χ3n) is 2.46. The van der Waals surface area contributed by atoms with Gasteiger partial charge in [0.1, 0.15) is 0 Å². The Bertz CT molecular complexity index is 211. The Labute approximate surface area is 92.4 Å². The first-order valence-electron chi connectivity index (χ1n) is 5.17. The van der Waals surface area contributed by atoms with Crippen LogP contribution in [0.4, 0.5) is 13.2 Å². The minimum absolute atomic E-state index is 0.112. The van der Waals surface area contributed by atoms with Gasteiger partial charge in [-0.15, -0.1) is 0 Å². The van der Waals surface area contributed by atoms with Crippen LogP contribution in [0.3, 0.4) is 0 Å². The highest BCUT2D eigenvalue weighted by Crippen LogP contribution is 2.21. The molecule has 1 rings (SSSR count). The molecule has 1 heterocycles. The Balaban J connectivity index is 2.37. The highest BCUT2D eigenvalue weighted by atomic mass is 19.4. The molecule has 2 N–H and O–H groups in total. The standard InChI is InChI=1S/C9H17F3N2O2/c1-13-4-7-5-14(2-3-16-7)6-8(15)9(10,11)12/h7-8,13,15H,2-6H2,1H3. The number of morpholine rings is 1. The van der Waals surface area contributed by atoms with E-state index in [1.165, 1.54) is 0 Å². The lowest BCUT2D eigenvalue weighted by Gasteiger charge is -2.34. The summed E-state index contributed by atoms with van der Waals surface area (Å²) in [4.78, 5) is 1.57. The molecule has 0 amide bonds. The average molecular weight is 242 g/mol. The largest absolute Gasteiger partial charge is 0.415 e. The molecule has 1 aliphatic heterocycles. The third-order valence-corrected chi connectivity index (χ3v) is 2.46. The molecule has 0 aromatic rings. The maximum absolute atomic E-state index is 12.1. The molecule has 2 unspecified atom stereocenters. The van der Waals surface area contributed by atoms with Gasteiger partial charge < -0.3 is 15.2 Å². The molecular formula is C9H17F3N2O2. The lowest BCUT2D eigenvalue weighted by molar-refractivity contribution is -0.211. The number of aliphatic hydroxyl groups is 1. The number of rotatable bonds is 4. The Hall–Kier alpha value is -0.370. The highest BCUT2D eigenvalue weighted by molar-refractivity contribution is 4.77. The van der Waals surface area contributed by atoms with Crippen LogP contribution in [0.15, 0.2) is 0 Å². The summed E-state index contributed by atoms with van der Waals surface area (Å²) < 4.78 is 41.7. The second-order valence-corrected chi connectivity index (χ2v) is 3.87. The number of likely N-dealkylation sites (N-methyl/N-ethyl adjacent to an activating group) is 1. The number of nitrogens with zero attached hydrogens (tertiary/aromatic N) is 1. The zero-order valence-electron chi connectivity index (χ0n) is 9.13. The Morgan fingerprint density at radius 2 is 2.25 bits per heavy atom. The third kappa shape index (κ3) is 4.25. The van der Waals surface area contributed by atoms with E-state index in [1.54, 1.807) is 11.9 Å². The molecule has 0 aliphatic carbocycles. The number of β-amino-alcohol motifs (C(OH)–C–C–N with tert-alkyl or cyclic N) is 1. The zero-order chi connectivity index (χ0) is 12.2. The molecule has 0 radical (unpaired) electrons. The number of nitrogens with one attached hydrogen (secondary N) is 1. The molecule has 0 bridgehead atoms. The number of aliphatic hydroxyl groups excluding tert-OH is 1. The first-order chi connectivity index (χ1) is 7.43. The molecule has 1 saturated heterocycles. The lowest BCUT2D eigenvalue weighted by Crippen LogP contribution is -2.50. The summed E-state index contributed by atoms with van der Waals surface area (Å²) in [7, 11) is 1.76. The molecule has 0 aromatic heterocycles. The van der Waals surface area contributed by atoms with Crippen LogP contribution in [-0.4, -0.2) is 68.2 Å². The van der Waals surface area contributed by atoms with Crippen LogP contribution >= 0.6 is 0 Å². The summed E-state index contributed by atoms with van der Waals surface area (Å²) in [5.41, 5.74) is 0. The molecule has 0 saturated carbocycles. The molecule has 1 fully saturated rings. The first-order valence-corrected chi connectivity index (χ1v) is 5.17. The predicted octanol–water partition coefficient (Wildman–Crippen LogP) is -0.170. The van der Waals surface area contributed by atoms with Gasteiger partial charge in [-0.25, -0.2) is 0 Å². The van der Waals surface area contributed by atoms with Crippen molar-refractivity contribution < 1.29 is 23.0 Å². The Kier molecular flexibility index (Phi) is 4.97. The van der Waals surface area contributed by atoms with Gasteiger partial charge in [0, 0.05) is 26.2 Å². The van der Waals surface area contributed by atoms with Gasteiger partial charge in [-0.05, 0) is 7.05 Å². The van der Waals surface area contributed by atoms with E-state index >= 15 is 0 Å². The van der Waals surface area contributed by atoms with Gasteiger partial charge in [-0.1, -0.05) is 0 Å². The van der Waals surface area contributed by atoms with Crippen LogP contribution in [0, 0.1) is 0 Å². The SMILES string of the molecule is CNCC1CN(CC(O)C(F)(F)F)CCO1. The van der Waals surface area contributed by atoms with Crippen LogP contribution in [0.1, 0.15) is 0 Å². The van der Waals surface area contributed by atoms with E-state index in [9.17, 15) is 13.2 Å². The van der Waals surface area contributed by atoms with E-state index in [0.29, 0.717) is 26.2 Å². The molecule has 0 spiro atoms. The minimum Gasteiger partial charge on any atom is -0.382 e. The summed E-state index contributed by atoms with van der Waals surface area (Å²) >= 11 is 0. The maximum Gasteiger partial charge on any atom is 0.415 e. The molecule has 16 heavy (non-hydrogen) atoms. The second-order valence-electron chi connectivity index (χ2n) is 3.87. The van der Waals surface area contributed by atoms with Crippen LogP contribution in [0.2, 0.25) is 0 Å². The van der Waals surface area contributed by atoms with Crippen molar-refractivity contribution in [1.29, 1.82) is 0 Å². The van der Waals surface area contributed by atoms with Gasteiger partial charge in [-0.2, -0.15) is 13.2 Å². The molecule has 4 nitrogen and oxygen atoms in total. The van der Waals surface area contributed by atoms with Crippen LogP contribution in [0.25, 0.3) is 0 Å². The fourth-order valence-corrected chi connectivity index (χ4v) is 1.65. The van der Waals surface area contributed by atoms with Gasteiger partial charge in [0.15, 0.2) is 6.10 Å². The summed E-state index contributed by atoms with van der Waals surface area (Å²) in [6.45, 7) is 1.45. The molecule has 2 atom stereocenters. The van der Waals surface area contributed by atoms with Gasteiger partial charge in [0.2, 0.25) is 0 Å². The first kappa shape index (κ1) is 13.7. The number of halogens is 3. The maximum atomic E-state index is 12.1. The van der Waals surface area contributed by atoms with E-state index in [0.717, 1.165) is 0 Å². The summed E-state index contributed by atoms with van der Waals surface area (Å²) in [5.74, 6) is 0. The predicted molar refractivity (Wildman–Crippen MR) is 52.2 cm³/mol. The van der Waals surface area contributed by atoms with Crippen molar-refractivity contribution in [2.45, 2.75) is 18.4 Å². The Morgan fingerprint density at radius 3 is 2.81 bits per heavy atom. The van der Waals surface area contributed by atoms with E-state index in [1.807, 2.05) is 0 Å². The smallest absolute Gasteiger partial charge is 0.382 e. The second kappa shape index (κ2) is 5.81. The van der Waals surface area contributed by atoms with Crippen molar-refractivity contribution in [3.8, 4) is 0 Å². The van der Waals surface area contributed by atoms with Crippen molar-refractivity contribution in [2.75, 3.05) is 39.8 Å². The Morgan fingerprint density at radius 1 is 1.56 bits per heavy atom. The molecule has 1 aliphatic rings. The molecular weight excluding hydrogens is 225 g/mol. The van der Waals surface area contributed by atoms with Crippen LogP contribution in [0.5, 0.6) is 0 Å². The number of alkyl halides is 3. The van der Waals surface area contributed by atoms with Gasteiger partial charge in [0.25, 0.3) is 0 Å². The summed E-state index contributed by atoms with van der Waals surface area (Å²) in [6, 6.07) is 0. The fraction of sp³-hybridized carbons (Fsp3) is 1.00. The minimum atomic E-state index is -4.54. The molecule has 96 valence electrons. The van der Waals surface area contributed by atoms with Crippen molar-refractivity contribution in [1.82, 2.24) is 10.2 Å². The average Bonchev–Trinajstić information content (AvgIpc) is 2.17.